The first kappa shape index (κ1) is 16.6. The lowest BCUT2D eigenvalue weighted by atomic mass is 10.3. The highest BCUT2D eigenvalue weighted by molar-refractivity contribution is 5.92. The first-order valence-electron chi connectivity index (χ1n) is 8.78. The molecule has 0 spiro atoms. The van der Waals surface area contributed by atoms with Crippen LogP contribution in [0, 0.1) is 0 Å². The molecule has 1 amide bonds. The van der Waals surface area contributed by atoms with E-state index in [2.05, 4.69) is 15.3 Å². The molecule has 9 nitrogen and oxygen atoms in total. The average molecular weight is 358 g/mol. The number of anilines is 1. The normalized spacial score (nSPS) is 19.0. The summed E-state index contributed by atoms with van der Waals surface area (Å²) in [6.07, 6.45) is 1.58. The van der Waals surface area contributed by atoms with Gasteiger partial charge in [-0.1, -0.05) is 0 Å². The number of amides is 1. The number of fused-ring (bicyclic) bond motifs is 1. The second-order valence-electron chi connectivity index (χ2n) is 6.70. The van der Waals surface area contributed by atoms with Gasteiger partial charge in [-0.3, -0.25) is 4.79 Å². The highest BCUT2D eigenvalue weighted by atomic mass is 16.5. The number of ether oxygens (including phenoxy) is 2. The fraction of sp³-hybridized carbons (Fsp3) is 0.529. The van der Waals surface area contributed by atoms with Gasteiger partial charge in [0.05, 0.1) is 13.2 Å². The number of rotatable bonds is 4. The van der Waals surface area contributed by atoms with Crippen molar-refractivity contribution in [1.82, 2.24) is 24.9 Å². The van der Waals surface area contributed by atoms with Crippen molar-refractivity contribution in [2.75, 3.05) is 38.7 Å². The number of nitrogens with zero attached hydrogens (tertiary/aromatic N) is 6. The maximum Gasteiger partial charge on any atom is 0.274 e. The largest absolute Gasteiger partial charge is 0.478 e. The molecule has 4 rings (SSSR count). The van der Waals surface area contributed by atoms with Crippen LogP contribution in [0.5, 0.6) is 11.8 Å². The van der Waals surface area contributed by atoms with Crippen LogP contribution in [0.3, 0.4) is 0 Å². The topological polar surface area (TPSA) is 85.6 Å². The highest BCUT2D eigenvalue weighted by Gasteiger charge is 2.30. The minimum absolute atomic E-state index is 0.0874. The van der Waals surface area contributed by atoms with Gasteiger partial charge in [0, 0.05) is 52.2 Å². The Morgan fingerprint density at radius 2 is 2.19 bits per heavy atom. The van der Waals surface area contributed by atoms with Gasteiger partial charge in [-0.25, -0.2) is 4.68 Å². The fourth-order valence-corrected chi connectivity index (χ4v) is 3.13. The molecule has 0 unspecified atom stereocenters. The van der Waals surface area contributed by atoms with Gasteiger partial charge in [-0.2, -0.15) is 5.10 Å². The van der Waals surface area contributed by atoms with Crippen LogP contribution in [0.15, 0.2) is 18.2 Å². The van der Waals surface area contributed by atoms with Crippen LogP contribution in [-0.2, 0) is 6.54 Å². The SMILES string of the molecule is CN(C)c1ccc(O[C@@H]2CCN(C(=O)c3cc4n(n3)CCCO4)C2)nn1. The summed E-state index contributed by atoms with van der Waals surface area (Å²) in [5.74, 6) is 1.82. The van der Waals surface area contributed by atoms with Crippen molar-refractivity contribution in [2.24, 2.45) is 0 Å². The molecule has 2 aliphatic heterocycles. The molecule has 2 aliphatic rings. The van der Waals surface area contributed by atoms with Crippen LogP contribution >= 0.6 is 0 Å². The van der Waals surface area contributed by atoms with Gasteiger partial charge in [0.2, 0.25) is 11.8 Å². The van der Waals surface area contributed by atoms with Crippen LogP contribution in [0.25, 0.3) is 0 Å². The van der Waals surface area contributed by atoms with Crippen molar-refractivity contribution < 1.29 is 14.3 Å². The van der Waals surface area contributed by atoms with E-state index < -0.39 is 0 Å². The molecule has 2 aromatic heterocycles. The van der Waals surface area contributed by atoms with Crippen molar-refractivity contribution in [1.29, 1.82) is 0 Å². The summed E-state index contributed by atoms with van der Waals surface area (Å²) in [6, 6.07) is 5.38. The van der Waals surface area contributed by atoms with Crippen molar-refractivity contribution in [3.8, 4) is 11.8 Å². The van der Waals surface area contributed by atoms with E-state index in [4.69, 9.17) is 9.47 Å². The number of carbonyl (C=O) groups is 1. The van der Waals surface area contributed by atoms with E-state index in [-0.39, 0.29) is 12.0 Å². The van der Waals surface area contributed by atoms with Crippen molar-refractivity contribution in [2.45, 2.75) is 25.5 Å². The Hall–Kier alpha value is -2.84. The van der Waals surface area contributed by atoms with Crippen LogP contribution < -0.4 is 14.4 Å². The molecule has 138 valence electrons. The summed E-state index contributed by atoms with van der Waals surface area (Å²) >= 11 is 0. The lowest BCUT2D eigenvalue weighted by Crippen LogP contribution is -2.31. The van der Waals surface area contributed by atoms with Gasteiger partial charge in [-0.05, 0) is 6.07 Å². The van der Waals surface area contributed by atoms with Crippen LogP contribution in [0.4, 0.5) is 5.82 Å². The van der Waals surface area contributed by atoms with Crippen LogP contribution in [0.2, 0.25) is 0 Å². The van der Waals surface area contributed by atoms with Gasteiger partial charge in [0.1, 0.15) is 6.10 Å². The van der Waals surface area contributed by atoms with Gasteiger partial charge < -0.3 is 19.3 Å². The Morgan fingerprint density at radius 3 is 2.92 bits per heavy atom. The zero-order valence-electron chi connectivity index (χ0n) is 15.0. The predicted molar refractivity (Wildman–Crippen MR) is 93.6 cm³/mol. The molecule has 1 atom stereocenters. The zero-order chi connectivity index (χ0) is 18.1. The molecule has 4 heterocycles. The minimum Gasteiger partial charge on any atom is -0.478 e. The minimum atomic E-state index is -0.0908. The molecule has 26 heavy (non-hydrogen) atoms. The number of carbonyl (C=O) groups excluding carboxylic acids is 1. The van der Waals surface area contributed by atoms with Gasteiger partial charge in [0.25, 0.3) is 5.91 Å². The smallest absolute Gasteiger partial charge is 0.274 e. The van der Waals surface area contributed by atoms with E-state index in [0.29, 0.717) is 37.2 Å². The van der Waals surface area contributed by atoms with E-state index in [1.54, 1.807) is 21.7 Å². The third-order valence-corrected chi connectivity index (χ3v) is 4.53. The molecular weight excluding hydrogens is 336 g/mol. The van der Waals surface area contributed by atoms with Crippen molar-refractivity contribution in [3.05, 3.63) is 23.9 Å². The first-order chi connectivity index (χ1) is 12.6. The van der Waals surface area contributed by atoms with E-state index in [1.807, 2.05) is 25.1 Å². The summed E-state index contributed by atoms with van der Waals surface area (Å²) < 4.78 is 13.2. The second-order valence-corrected chi connectivity index (χ2v) is 6.70. The van der Waals surface area contributed by atoms with E-state index in [9.17, 15) is 4.79 Å². The van der Waals surface area contributed by atoms with Gasteiger partial charge in [-0.15, -0.1) is 10.2 Å². The number of likely N-dealkylation sites (tertiary alicyclic amines) is 1. The first-order valence-corrected chi connectivity index (χ1v) is 8.78. The number of hydrogen-bond donors (Lipinski definition) is 0. The fourth-order valence-electron chi connectivity index (χ4n) is 3.13. The van der Waals surface area contributed by atoms with Crippen LogP contribution in [-0.4, -0.2) is 70.7 Å². The molecule has 0 aromatic carbocycles. The molecule has 9 heteroatoms. The molecule has 0 aliphatic carbocycles. The number of aromatic nitrogens is 4. The lowest BCUT2D eigenvalue weighted by molar-refractivity contribution is 0.0764. The maximum atomic E-state index is 12.7. The molecule has 0 saturated carbocycles. The summed E-state index contributed by atoms with van der Waals surface area (Å²) in [4.78, 5) is 16.3. The lowest BCUT2D eigenvalue weighted by Gasteiger charge is -2.16. The average Bonchev–Trinajstić information content (AvgIpc) is 3.28. The van der Waals surface area contributed by atoms with Gasteiger partial charge >= 0.3 is 0 Å². The Morgan fingerprint density at radius 1 is 1.31 bits per heavy atom. The molecule has 0 N–H and O–H groups in total. The van der Waals surface area contributed by atoms with E-state index in [0.717, 1.165) is 25.2 Å². The Balaban J connectivity index is 1.37. The monoisotopic (exact) mass is 358 g/mol. The van der Waals surface area contributed by atoms with Crippen LogP contribution in [0.1, 0.15) is 23.3 Å². The predicted octanol–water partition coefficient (Wildman–Crippen LogP) is 0.815. The summed E-state index contributed by atoms with van der Waals surface area (Å²) in [5, 5.41) is 12.6. The van der Waals surface area contributed by atoms with Gasteiger partial charge in [0.15, 0.2) is 11.5 Å². The molecular formula is C17H22N6O3. The zero-order valence-corrected chi connectivity index (χ0v) is 15.0. The van der Waals surface area contributed by atoms with Crippen molar-refractivity contribution >= 4 is 11.7 Å². The summed E-state index contributed by atoms with van der Waals surface area (Å²) in [5.41, 5.74) is 0.428. The number of aryl methyl sites for hydroxylation is 1. The molecule has 0 radical (unpaired) electrons. The standard InChI is InChI=1S/C17H22N6O3/c1-21(2)14-4-5-15(19-18-14)26-12-6-8-22(11-12)17(24)13-10-16-23(20-13)7-3-9-25-16/h4-5,10,12H,3,6-9,11H2,1-2H3/t12-/m1/s1. The third kappa shape index (κ3) is 3.29. The Labute approximate surface area is 151 Å². The molecule has 1 saturated heterocycles. The van der Waals surface area contributed by atoms with E-state index >= 15 is 0 Å². The third-order valence-electron chi connectivity index (χ3n) is 4.53. The Kier molecular flexibility index (Phi) is 4.36. The second kappa shape index (κ2) is 6.81. The quantitative estimate of drug-likeness (QED) is 0.800. The number of hydrogen-bond acceptors (Lipinski definition) is 7. The molecule has 0 bridgehead atoms. The molecule has 2 aromatic rings. The van der Waals surface area contributed by atoms with Crippen molar-refractivity contribution in [3.63, 3.8) is 0 Å². The molecule has 1 fully saturated rings. The van der Waals surface area contributed by atoms with E-state index in [1.165, 1.54) is 0 Å². The maximum absolute atomic E-state index is 12.7. The summed E-state index contributed by atoms with van der Waals surface area (Å²) in [6.45, 7) is 2.61. The highest BCUT2D eigenvalue weighted by Crippen LogP contribution is 2.22. The Bertz CT molecular complexity index is 765. The summed E-state index contributed by atoms with van der Waals surface area (Å²) in [7, 11) is 3.81.